The zero-order valence-corrected chi connectivity index (χ0v) is 9.61. The number of ether oxygens (including phenoxy) is 1. The first-order chi connectivity index (χ1) is 7.86. The van der Waals surface area contributed by atoms with Crippen molar-refractivity contribution in [3.63, 3.8) is 0 Å². The standard InChI is InChI=1S/C11H11ClF3NO/c12-8-5-7(10(6-16)3-4-10)1-2-9(8)17-11(13,14)15/h1-2,5H,3-4,6,16H2. The minimum Gasteiger partial charge on any atom is -0.404 e. The maximum atomic E-state index is 12.0. The molecule has 1 fully saturated rings. The van der Waals surface area contributed by atoms with Crippen molar-refractivity contribution in [2.45, 2.75) is 24.6 Å². The number of alkyl halides is 3. The Bertz CT molecular complexity index is 429. The molecule has 0 bridgehead atoms. The van der Waals surface area contributed by atoms with Crippen LogP contribution in [0.2, 0.25) is 5.02 Å². The molecule has 0 aliphatic heterocycles. The van der Waals surface area contributed by atoms with E-state index in [0.29, 0.717) is 6.54 Å². The number of halogens is 4. The van der Waals surface area contributed by atoms with Crippen molar-refractivity contribution in [3.05, 3.63) is 28.8 Å². The lowest BCUT2D eigenvalue weighted by Gasteiger charge is -2.15. The molecule has 1 aliphatic rings. The molecule has 1 aromatic rings. The van der Waals surface area contributed by atoms with Crippen molar-refractivity contribution in [1.29, 1.82) is 0 Å². The third kappa shape index (κ3) is 2.66. The molecule has 1 saturated carbocycles. The molecule has 0 spiro atoms. The highest BCUT2D eigenvalue weighted by Gasteiger charge is 2.43. The Morgan fingerprint density at radius 1 is 1.35 bits per heavy atom. The average molecular weight is 266 g/mol. The third-order valence-electron chi connectivity index (χ3n) is 3.01. The Kier molecular flexibility index (Phi) is 2.99. The topological polar surface area (TPSA) is 35.2 Å². The van der Waals surface area contributed by atoms with Gasteiger partial charge in [-0.05, 0) is 30.5 Å². The molecular weight excluding hydrogens is 255 g/mol. The van der Waals surface area contributed by atoms with Gasteiger partial charge < -0.3 is 10.5 Å². The highest BCUT2D eigenvalue weighted by Crippen LogP contribution is 2.48. The molecule has 2 rings (SSSR count). The highest BCUT2D eigenvalue weighted by atomic mass is 35.5. The summed E-state index contributed by atoms with van der Waals surface area (Å²) < 4.78 is 39.9. The second kappa shape index (κ2) is 4.07. The summed E-state index contributed by atoms with van der Waals surface area (Å²) in [7, 11) is 0. The SMILES string of the molecule is NCC1(c2ccc(OC(F)(F)F)c(Cl)c2)CC1. The van der Waals surface area contributed by atoms with Gasteiger partial charge in [-0.3, -0.25) is 0 Å². The van der Waals surface area contributed by atoms with Crippen molar-refractivity contribution in [2.24, 2.45) is 5.73 Å². The molecule has 2 nitrogen and oxygen atoms in total. The van der Waals surface area contributed by atoms with Gasteiger partial charge in [0.1, 0.15) is 5.75 Å². The molecule has 0 atom stereocenters. The second-order valence-electron chi connectivity index (χ2n) is 4.18. The molecule has 0 saturated heterocycles. The monoisotopic (exact) mass is 265 g/mol. The quantitative estimate of drug-likeness (QED) is 0.911. The lowest BCUT2D eigenvalue weighted by atomic mass is 9.96. The van der Waals surface area contributed by atoms with Crippen LogP contribution in [0.3, 0.4) is 0 Å². The van der Waals surface area contributed by atoms with Gasteiger partial charge in [0.2, 0.25) is 0 Å². The minimum atomic E-state index is -4.73. The summed E-state index contributed by atoms with van der Waals surface area (Å²) in [4.78, 5) is 0. The van der Waals surface area contributed by atoms with Gasteiger partial charge in [-0.25, -0.2) is 0 Å². The smallest absolute Gasteiger partial charge is 0.404 e. The van der Waals surface area contributed by atoms with E-state index in [4.69, 9.17) is 17.3 Å². The zero-order valence-electron chi connectivity index (χ0n) is 8.85. The fourth-order valence-corrected chi connectivity index (χ4v) is 2.02. The normalized spacial score (nSPS) is 17.9. The third-order valence-corrected chi connectivity index (χ3v) is 3.31. The fourth-order valence-electron chi connectivity index (χ4n) is 1.80. The minimum absolute atomic E-state index is 0.0421. The van der Waals surface area contributed by atoms with E-state index in [2.05, 4.69) is 4.74 Å². The highest BCUT2D eigenvalue weighted by molar-refractivity contribution is 6.32. The molecule has 94 valence electrons. The van der Waals surface area contributed by atoms with Gasteiger partial charge >= 0.3 is 6.36 Å². The molecule has 0 unspecified atom stereocenters. The molecule has 1 aromatic carbocycles. The summed E-state index contributed by atoms with van der Waals surface area (Å²) >= 11 is 5.76. The van der Waals surface area contributed by atoms with E-state index in [1.54, 1.807) is 6.07 Å². The van der Waals surface area contributed by atoms with Crippen LogP contribution in [0.5, 0.6) is 5.75 Å². The first kappa shape index (κ1) is 12.5. The summed E-state index contributed by atoms with van der Waals surface area (Å²) in [5.74, 6) is -0.379. The van der Waals surface area contributed by atoms with Gasteiger partial charge in [0.25, 0.3) is 0 Å². The molecule has 1 aliphatic carbocycles. The molecular formula is C11H11ClF3NO. The summed E-state index contributed by atoms with van der Waals surface area (Å²) in [6, 6.07) is 4.33. The van der Waals surface area contributed by atoms with Crippen LogP contribution in [0, 0.1) is 0 Å². The fraction of sp³-hybridized carbons (Fsp3) is 0.455. The van der Waals surface area contributed by atoms with E-state index in [-0.39, 0.29) is 16.2 Å². The average Bonchev–Trinajstić information content (AvgIpc) is 3.00. The van der Waals surface area contributed by atoms with E-state index in [0.717, 1.165) is 18.4 Å². The van der Waals surface area contributed by atoms with Crippen molar-refractivity contribution in [3.8, 4) is 5.75 Å². The van der Waals surface area contributed by atoms with Gasteiger partial charge in [-0.15, -0.1) is 13.2 Å². The summed E-state index contributed by atoms with van der Waals surface area (Å²) in [5.41, 5.74) is 6.41. The first-order valence-electron chi connectivity index (χ1n) is 5.12. The Labute approximate surface area is 102 Å². The van der Waals surface area contributed by atoms with E-state index < -0.39 is 6.36 Å². The van der Waals surface area contributed by atoms with Gasteiger partial charge in [-0.1, -0.05) is 17.7 Å². The van der Waals surface area contributed by atoms with E-state index in [9.17, 15) is 13.2 Å². The predicted octanol–water partition coefficient (Wildman–Crippen LogP) is 3.23. The summed E-state index contributed by atoms with van der Waals surface area (Å²) in [6.07, 6.45) is -2.84. The number of benzene rings is 1. The van der Waals surface area contributed by atoms with Gasteiger partial charge in [-0.2, -0.15) is 0 Å². The summed E-state index contributed by atoms with van der Waals surface area (Å²) in [6.45, 7) is 0.475. The zero-order chi connectivity index (χ0) is 12.7. The Morgan fingerprint density at radius 3 is 2.41 bits per heavy atom. The number of rotatable bonds is 3. The van der Waals surface area contributed by atoms with Gasteiger partial charge in [0, 0.05) is 12.0 Å². The number of nitrogens with two attached hydrogens (primary N) is 1. The van der Waals surface area contributed by atoms with E-state index in [1.807, 2.05) is 0 Å². The van der Waals surface area contributed by atoms with Crippen LogP contribution in [0.1, 0.15) is 18.4 Å². The maximum Gasteiger partial charge on any atom is 0.573 e. The molecule has 17 heavy (non-hydrogen) atoms. The molecule has 2 N–H and O–H groups in total. The largest absolute Gasteiger partial charge is 0.573 e. The predicted molar refractivity (Wildman–Crippen MR) is 58.1 cm³/mol. The first-order valence-corrected chi connectivity index (χ1v) is 5.50. The van der Waals surface area contributed by atoms with Crippen molar-refractivity contribution in [1.82, 2.24) is 0 Å². The van der Waals surface area contributed by atoms with Crippen LogP contribution in [0.25, 0.3) is 0 Å². The molecule has 0 heterocycles. The van der Waals surface area contributed by atoms with E-state index >= 15 is 0 Å². The molecule has 0 radical (unpaired) electrons. The Balaban J connectivity index is 2.23. The molecule has 6 heteroatoms. The maximum absolute atomic E-state index is 12.0. The Morgan fingerprint density at radius 2 is 2.00 bits per heavy atom. The van der Waals surface area contributed by atoms with Crippen LogP contribution >= 0.6 is 11.6 Å². The van der Waals surface area contributed by atoms with E-state index in [1.165, 1.54) is 12.1 Å². The molecule has 0 amide bonds. The lowest BCUT2D eigenvalue weighted by Crippen LogP contribution is -2.20. The van der Waals surface area contributed by atoms with Crippen LogP contribution in [0.15, 0.2) is 18.2 Å². The van der Waals surface area contributed by atoms with Crippen LogP contribution in [-0.4, -0.2) is 12.9 Å². The molecule has 0 aromatic heterocycles. The van der Waals surface area contributed by atoms with Gasteiger partial charge in [0.15, 0.2) is 0 Å². The van der Waals surface area contributed by atoms with Gasteiger partial charge in [0.05, 0.1) is 5.02 Å². The van der Waals surface area contributed by atoms with Crippen LogP contribution < -0.4 is 10.5 Å². The lowest BCUT2D eigenvalue weighted by molar-refractivity contribution is -0.274. The second-order valence-corrected chi connectivity index (χ2v) is 4.58. The summed E-state index contributed by atoms with van der Waals surface area (Å²) in [5, 5.41) is -0.0421. The Hall–Kier alpha value is -0.940. The number of hydrogen-bond donors (Lipinski definition) is 1. The van der Waals surface area contributed by atoms with Crippen molar-refractivity contribution >= 4 is 11.6 Å². The number of hydrogen-bond acceptors (Lipinski definition) is 2. The van der Waals surface area contributed by atoms with Crippen LogP contribution in [0.4, 0.5) is 13.2 Å². The van der Waals surface area contributed by atoms with Crippen LogP contribution in [-0.2, 0) is 5.41 Å². The van der Waals surface area contributed by atoms with Crippen molar-refractivity contribution in [2.75, 3.05) is 6.54 Å². The van der Waals surface area contributed by atoms with Crippen molar-refractivity contribution < 1.29 is 17.9 Å².